The number of aromatic amines is 1. The fourth-order valence-corrected chi connectivity index (χ4v) is 6.85. The molecule has 2 aromatic rings. The Morgan fingerprint density at radius 2 is 1.85 bits per heavy atom. The summed E-state index contributed by atoms with van der Waals surface area (Å²) in [4.78, 5) is 42.8. The van der Waals surface area contributed by atoms with E-state index in [0.717, 1.165) is 44.9 Å². The first-order chi connectivity index (χ1) is 19.3. The molecule has 5 aliphatic rings. The maximum absolute atomic E-state index is 15.2. The lowest BCUT2D eigenvalue weighted by molar-refractivity contribution is -0.142. The van der Waals surface area contributed by atoms with Crippen LogP contribution in [0.3, 0.4) is 0 Å². The summed E-state index contributed by atoms with van der Waals surface area (Å²) in [6, 6.07) is 5.34. The highest BCUT2D eigenvalue weighted by Crippen LogP contribution is 2.42. The number of carbonyl (C=O) groups excluding carboxylic acids is 2. The molecular formula is C31H35FN4O4. The molecule has 2 saturated carbocycles. The van der Waals surface area contributed by atoms with Crippen LogP contribution in [0.1, 0.15) is 64.0 Å². The van der Waals surface area contributed by atoms with Crippen molar-refractivity contribution in [1.29, 1.82) is 0 Å². The van der Waals surface area contributed by atoms with Crippen LogP contribution in [0.5, 0.6) is 5.75 Å². The van der Waals surface area contributed by atoms with Gasteiger partial charge in [0.05, 0.1) is 34.8 Å². The van der Waals surface area contributed by atoms with Crippen molar-refractivity contribution in [3.63, 3.8) is 0 Å². The molecule has 0 radical (unpaired) electrons. The number of nitrogens with one attached hydrogen (secondary N) is 1. The zero-order valence-corrected chi connectivity index (χ0v) is 22.8. The maximum Gasteiger partial charge on any atom is 0.272 e. The lowest BCUT2D eigenvalue weighted by Gasteiger charge is -2.42. The van der Waals surface area contributed by atoms with Crippen LogP contribution in [-0.4, -0.2) is 63.1 Å². The van der Waals surface area contributed by atoms with Gasteiger partial charge in [-0.3, -0.25) is 14.4 Å². The van der Waals surface area contributed by atoms with Crippen molar-refractivity contribution in [2.45, 2.75) is 82.9 Å². The highest BCUT2D eigenvalue weighted by molar-refractivity contribution is 5.96. The average molecular weight is 547 g/mol. The van der Waals surface area contributed by atoms with Gasteiger partial charge in [0.25, 0.3) is 11.5 Å². The lowest BCUT2D eigenvalue weighted by atomic mass is 9.75. The smallest absolute Gasteiger partial charge is 0.272 e. The summed E-state index contributed by atoms with van der Waals surface area (Å²) in [5.41, 5.74) is 0.0236. The van der Waals surface area contributed by atoms with E-state index in [1.54, 1.807) is 6.07 Å². The third kappa shape index (κ3) is 4.53. The Balaban J connectivity index is 1.11. The van der Waals surface area contributed by atoms with E-state index in [4.69, 9.17) is 4.74 Å². The molecule has 3 heterocycles. The molecule has 2 saturated heterocycles. The fraction of sp³-hybridized carbons (Fsp3) is 0.548. The summed E-state index contributed by atoms with van der Waals surface area (Å²) in [5.74, 6) is 0.337. The van der Waals surface area contributed by atoms with Gasteiger partial charge in [0.2, 0.25) is 5.91 Å². The molecule has 40 heavy (non-hydrogen) atoms. The number of hydrogen-bond donors (Lipinski definition) is 1. The van der Waals surface area contributed by atoms with Gasteiger partial charge in [0.15, 0.2) is 0 Å². The Kier molecular flexibility index (Phi) is 6.09. The van der Waals surface area contributed by atoms with Crippen LogP contribution >= 0.6 is 0 Å². The molecule has 3 atom stereocenters. The van der Waals surface area contributed by atoms with Crippen LogP contribution in [0.15, 0.2) is 46.5 Å². The molecule has 2 amide bonds. The van der Waals surface area contributed by atoms with E-state index >= 15 is 4.39 Å². The van der Waals surface area contributed by atoms with Gasteiger partial charge in [-0.1, -0.05) is 13.0 Å². The number of fused-ring (bicyclic) bond motifs is 3. The molecule has 7 rings (SSSR count). The summed E-state index contributed by atoms with van der Waals surface area (Å²) >= 11 is 0. The number of ether oxygens (including phenoxy) is 1. The minimum atomic E-state index is -0.577. The molecule has 0 spiro atoms. The van der Waals surface area contributed by atoms with Gasteiger partial charge in [-0.2, -0.15) is 5.10 Å². The average Bonchev–Trinajstić information content (AvgIpc) is 3.73. The third-order valence-electron chi connectivity index (χ3n) is 9.48. The van der Waals surface area contributed by atoms with Gasteiger partial charge < -0.3 is 14.5 Å². The Morgan fingerprint density at radius 1 is 1.10 bits per heavy atom. The number of allylic oxidation sites excluding steroid dienone is 3. The summed E-state index contributed by atoms with van der Waals surface area (Å²) in [5, 5.41) is 8.24. The second-order valence-corrected chi connectivity index (χ2v) is 12.7. The molecule has 9 heteroatoms. The molecule has 4 fully saturated rings. The second kappa shape index (κ2) is 9.56. The maximum atomic E-state index is 15.2. The van der Waals surface area contributed by atoms with Crippen LogP contribution in [0.25, 0.3) is 10.8 Å². The number of hydrogen-bond acceptors (Lipinski definition) is 5. The first-order valence-corrected chi connectivity index (χ1v) is 14.7. The van der Waals surface area contributed by atoms with Crippen LogP contribution in [0.4, 0.5) is 4.39 Å². The van der Waals surface area contributed by atoms with E-state index < -0.39 is 11.2 Å². The predicted octanol–water partition coefficient (Wildman–Crippen LogP) is 4.20. The van der Waals surface area contributed by atoms with Crippen LogP contribution in [0, 0.1) is 11.3 Å². The monoisotopic (exact) mass is 546 g/mol. The van der Waals surface area contributed by atoms with Gasteiger partial charge >= 0.3 is 0 Å². The molecule has 8 nitrogen and oxygen atoms in total. The number of amides is 2. The Bertz CT molecular complexity index is 1490. The molecule has 2 aliphatic heterocycles. The SMILES string of the molecule is CC1(Cc2n[nH]c(=O)c3ccc(OC4CCC4)cc23)C=CC(F)=C(C(=O)N2[C@@H]3CC[C@H]2CN(C(=O)C2CC2)C3)C1. The molecule has 2 bridgehead atoms. The van der Waals surface area contributed by atoms with E-state index in [1.807, 2.05) is 34.9 Å². The van der Waals surface area contributed by atoms with Gasteiger partial charge in [-0.15, -0.1) is 0 Å². The minimum Gasteiger partial charge on any atom is -0.490 e. The fourth-order valence-electron chi connectivity index (χ4n) is 6.85. The molecule has 1 N–H and O–H groups in total. The largest absolute Gasteiger partial charge is 0.490 e. The van der Waals surface area contributed by atoms with E-state index in [0.29, 0.717) is 41.7 Å². The predicted molar refractivity (Wildman–Crippen MR) is 147 cm³/mol. The van der Waals surface area contributed by atoms with Crippen molar-refractivity contribution < 1.29 is 18.7 Å². The molecule has 3 aliphatic carbocycles. The lowest BCUT2D eigenvalue weighted by Crippen LogP contribution is -2.58. The number of piperazine rings is 1. The molecule has 1 aromatic heterocycles. The normalized spacial score (nSPS) is 28.2. The second-order valence-electron chi connectivity index (χ2n) is 12.7. The Hall–Kier alpha value is -3.49. The standard InChI is InChI=1S/C31H35FN4O4/c1-31(15-27-24-13-22(40-21-3-2-4-21)9-10-23(24)28(37)34-33-27)12-11-26(32)25(14-31)30(39)36-19-7-8-20(36)17-35(16-19)29(38)18-5-6-18/h9-13,18-21H,2-8,14-17H2,1H3,(H,34,37)/t19-,20+,31?. The van der Waals surface area contributed by atoms with Gasteiger partial charge in [-0.25, -0.2) is 9.49 Å². The number of carbonyl (C=O) groups is 2. The Morgan fingerprint density at radius 3 is 2.52 bits per heavy atom. The number of halogens is 1. The highest BCUT2D eigenvalue weighted by atomic mass is 19.1. The summed E-state index contributed by atoms with van der Waals surface area (Å²) in [7, 11) is 0. The number of rotatable bonds is 6. The molecule has 210 valence electrons. The summed E-state index contributed by atoms with van der Waals surface area (Å²) in [6.07, 6.45) is 10.9. The van der Waals surface area contributed by atoms with Crippen LogP contribution < -0.4 is 10.3 Å². The van der Waals surface area contributed by atoms with E-state index in [9.17, 15) is 14.4 Å². The summed E-state index contributed by atoms with van der Waals surface area (Å²) < 4.78 is 21.3. The quantitative estimate of drug-likeness (QED) is 0.586. The molecular weight excluding hydrogens is 511 g/mol. The minimum absolute atomic E-state index is 0.0645. The summed E-state index contributed by atoms with van der Waals surface area (Å²) in [6.45, 7) is 3.08. The molecule has 1 unspecified atom stereocenters. The van der Waals surface area contributed by atoms with Crippen LogP contribution in [0.2, 0.25) is 0 Å². The van der Waals surface area contributed by atoms with Crippen LogP contribution in [-0.2, 0) is 16.0 Å². The molecule has 1 aromatic carbocycles. The zero-order chi connectivity index (χ0) is 27.6. The van der Waals surface area contributed by atoms with Gasteiger partial charge in [0.1, 0.15) is 11.6 Å². The van der Waals surface area contributed by atoms with E-state index in [1.165, 1.54) is 6.08 Å². The third-order valence-corrected chi connectivity index (χ3v) is 9.48. The number of H-pyrrole nitrogens is 1. The number of benzene rings is 1. The van der Waals surface area contributed by atoms with E-state index in [-0.39, 0.29) is 53.5 Å². The van der Waals surface area contributed by atoms with Crippen molar-refractivity contribution in [3.05, 3.63) is 57.8 Å². The van der Waals surface area contributed by atoms with Crippen molar-refractivity contribution >= 4 is 22.6 Å². The van der Waals surface area contributed by atoms with Crippen molar-refractivity contribution in [3.8, 4) is 5.75 Å². The topological polar surface area (TPSA) is 95.6 Å². The number of aromatic nitrogens is 2. The number of nitrogens with zero attached hydrogens (tertiary/aromatic N) is 3. The zero-order valence-electron chi connectivity index (χ0n) is 22.8. The van der Waals surface area contributed by atoms with Crippen molar-refractivity contribution in [1.82, 2.24) is 20.0 Å². The van der Waals surface area contributed by atoms with Gasteiger partial charge in [-0.05, 0) is 81.1 Å². The van der Waals surface area contributed by atoms with Crippen molar-refractivity contribution in [2.24, 2.45) is 11.3 Å². The number of likely N-dealkylation sites (tertiary alicyclic amines) is 1. The Labute approximate surface area is 232 Å². The van der Waals surface area contributed by atoms with Gasteiger partial charge in [0, 0.05) is 30.8 Å². The van der Waals surface area contributed by atoms with E-state index in [2.05, 4.69) is 10.2 Å². The highest BCUT2D eigenvalue weighted by Gasteiger charge is 2.47. The first kappa shape index (κ1) is 25.5. The van der Waals surface area contributed by atoms with Crippen molar-refractivity contribution in [2.75, 3.05) is 13.1 Å². The first-order valence-electron chi connectivity index (χ1n) is 14.7.